The molecule has 1 aliphatic rings. The number of halogens is 3. The fourth-order valence-electron chi connectivity index (χ4n) is 0.462. The van der Waals surface area contributed by atoms with Crippen LogP contribution in [-0.4, -0.2) is 17.2 Å². The number of rotatable bonds is 0. The van der Waals surface area contributed by atoms with Crippen molar-refractivity contribution in [2.24, 2.45) is 0 Å². The summed E-state index contributed by atoms with van der Waals surface area (Å²) in [5, 5.41) is 1.42. The Kier molecular flexibility index (Phi) is 1.72. The molecule has 5 heteroatoms. The van der Waals surface area contributed by atoms with Crippen LogP contribution in [0.15, 0.2) is 11.5 Å². The van der Waals surface area contributed by atoms with Gasteiger partial charge in [0.15, 0.2) is 0 Å². The van der Waals surface area contributed by atoms with E-state index < -0.39 is 6.30 Å². The van der Waals surface area contributed by atoms with Crippen molar-refractivity contribution in [1.29, 1.82) is 0 Å². The van der Waals surface area contributed by atoms with Crippen LogP contribution in [0, 0.1) is 0 Å². The lowest BCUT2D eigenvalue weighted by Crippen LogP contribution is -2.29. The lowest BCUT2D eigenvalue weighted by molar-refractivity contribution is -0.202. The van der Waals surface area contributed by atoms with Gasteiger partial charge in [-0.25, -0.2) is 0 Å². The molecule has 52 valence electrons. The number of alkyl halides is 3. The molecule has 9 heavy (non-hydrogen) atoms. The highest BCUT2D eigenvalue weighted by Crippen LogP contribution is 2.31. The van der Waals surface area contributed by atoms with E-state index in [0.717, 1.165) is 0 Å². The lowest BCUT2D eigenvalue weighted by Gasteiger charge is -2.15. The van der Waals surface area contributed by atoms with E-state index in [-0.39, 0.29) is 6.54 Å². The minimum atomic E-state index is -4.19. The average molecular weight is 155 g/mol. The van der Waals surface area contributed by atoms with Crippen molar-refractivity contribution < 1.29 is 13.2 Å². The van der Waals surface area contributed by atoms with Crippen LogP contribution in [0.25, 0.3) is 0 Å². The van der Waals surface area contributed by atoms with Crippen LogP contribution in [0.4, 0.5) is 13.2 Å². The van der Waals surface area contributed by atoms with Crippen molar-refractivity contribution in [2.75, 3.05) is 6.54 Å². The van der Waals surface area contributed by atoms with Crippen molar-refractivity contribution in [2.45, 2.75) is 6.30 Å². The quantitative estimate of drug-likeness (QED) is 0.388. The van der Waals surface area contributed by atoms with Gasteiger partial charge in [-0.15, -0.1) is 0 Å². The van der Waals surface area contributed by atoms with Crippen molar-refractivity contribution >= 4 is 11.9 Å². The highest BCUT2D eigenvalue weighted by molar-refractivity contribution is 8.00. The van der Waals surface area contributed by atoms with Gasteiger partial charge in [0, 0.05) is 6.54 Å². The Balaban J connectivity index is 2.46. The van der Waals surface area contributed by atoms with Gasteiger partial charge in [0.25, 0.3) is 0 Å². The molecule has 0 amide bonds. The summed E-state index contributed by atoms with van der Waals surface area (Å²) >= 11 is 0.677. The molecule has 0 radical (unpaired) electrons. The largest absolute Gasteiger partial charge is 0.470 e. The van der Waals surface area contributed by atoms with E-state index in [9.17, 15) is 13.2 Å². The normalized spacial score (nSPS) is 21.2. The minimum absolute atomic E-state index is 0.0336. The van der Waals surface area contributed by atoms with Crippen LogP contribution in [0.3, 0.4) is 0 Å². The SMILES string of the molecule is FC(F)(F)N1CC=CS1. The molecule has 0 saturated heterocycles. The van der Waals surface area contributed by atoms with Gasteiger partial charge < -0.3 is 0 Å². The molecule has 0 atom stereocenters. The van der Waals surface area contributed by atoms with Crippen LogP contribution in [-0.2, 0) is 0 Å². The Hall–Kier alpha value is -0.160. The molecule has 0 aromatic rings. The van der Waals surface area contributed by atoms with E-state index in [1.807, 2.05) is 0 Å². The zero-order valence-electron chi connectivity index (χ0n) is 4.35. The van der Waals surface area contributed by atoms with E-state index in [4.69, 9.17) is 0 Å². The maximum atomic E-state index is 11.6. The van der Waals surface area contributed by atoms with Crippen molar-refractivity contribution in [1.82, 2.24) is 4.31 Å². The van der Waals surface area contributed by atoms with Crippen LogP contribution >= 0.6 is 11.9 Å². The molecule has 1 nitrogen and oxygen atoms in total. The summed E-state index contributed by atoms with van der Waals surface area (Å²) in [6.45, 7) is -0.0336. The molecule has 0 fully saturated rings. The molecular weight excluding hydrogens is 151 g/mol. The maximum Gasteiger partial charge on any atom is 0.470 e. The summed E-state index contributed by atoms with van der Waals surface area (Å²) in [5.41, 5.74) is 0. The minimum Gasteiger partial charge on any atom is -0.155 e. The molecule has 0 unspecified atom stereocenters. The Morgan fingerprint density at radius 3 is 2.33 bits per heavy atom. The predicted octanol–water partition coefficient (Wildman–Crippen LogP) is 1.98. The van der Waals surface area contributed by atoms with Crippen LogP contribution in [0.2, 0.25) is 0 Å². The zero-order valence-corrected chi connectivity index (χ0v) is 5.17. The third-order valence-electron chi connectivity index (χ3n) is 0.838. The highest BCUT2D eigenvalue weighted by atomic mass is 32.2. The average Bonchev–Trinajstić information content (AvgIpc) is 2.08. The third kappa shape index (κ3) is 1.62. The second-order valence-electron chi connectivity index (χ2n) is 1.51. The van der Waals surface area contributed by atoms with Gasteiger partial charge in [0.05, 0.1) is 0 Å². The fraction of sp³-hybridized carbons (Fsp3) is 0.500. The predicted molar refractivity (Wildman–Crippen MR) is 29.5 cm³/mol. The first-order chi connectivity index (χ1) is 4.11. The van der Waals surface area contributed by atoms with Gasteiger partial charge in [-0.2, -0.15) is 17.5 Å². The molecular formula is C4H4F3NS. The van der Waals surface area contributed by atoms with E-state index in [2.05, 4.69) is 0 Å². The molecule has 0 N–H and O–H groups in total. The Labute approximate surface area is 54.7 Å². The van der Waals surface area contributed by atoms with E-state index in [1.165, 1.54) is 11.5 Å². The van der Waals surface area contributed by atoms with Gasteiger partial charge in [-0.3, -0.25) is 0 Å². The van der Waals surface area contributed by atoms with Gasteiger partial charge in [-0.05, 0) is 17.4 Å². The monoisotopic (exact) mass is 155 g/mol. The van der Waals surface area contributed by atoms with E-state index in [0.29, 0.717) is 16.3 Å². The summed E-state index contributed by atoms with van der Waals surface area (Å²) in [4.78, 5) is 0. The fourth-order valence-corrected chi connectivity index (χ4v) is 1.07. The first kappa shape index (κ1) is 6.95. The van der Waals surface area contributed by atoms with Crippen molar-refractivity contribution in [3.8, 4) is 0 Å². The molecule has 0 saturated carbocycles. The van der Waals surface area contributed by atoms with Crippen LogP contribution < -0.4 is 0 Å². The van der Waals surface area contributed by atoms with Gasteiger partial charge in [-0.1, -0.05) is 6.08 Å². The Morgan fingerprint density at radius 2 is 2.11 bits per heavy atom. The second kappa shape index (κ2) is 2.22. The Morgan fingerprint density at radius 1 is 1.44 bits per heavy atom. The summed E-state index contributed by atoms with van der Waals surface area (Å²) in [6.07, 6.45) is -2.72. The molecule has 0 aromatic carbocycles. The summed E-state index contributed by atoms with van der Waals surface area (Å²) in [5.74, 6) is 0. The summed E-state index contributed by atoms with van der Waals surface area (Å²) < 4.78 is 35.2. The standard InChI is InChI=1S/C4H4F3NS/c5-4(6,7)8-2-1-3-9-8/h1,3H,2H2. The second-order valence-corrected chi connectivity index (χ2v) is 2.43. The highest BCUT2D eigenvalue weighted by Gasteiger charge is 2.37. The smallest absolute Gasteiger partial charge is 0.155 e. The summed E-state index contributed by atoms with van der Waals surface area (Å²) in [6, 6.07) is 0. The van der Waals surface area contributed by atoms with E-state index >= 15 is 0 Å². The Bertz CT molecular complexity index is 122. The molecule has 1 rings (SSSR count). The number of nitrogens with zero attached hydrogens (tertiary/aromatic N) is 1. The lowest BCUT2D eigenvalue weighted by atomic mass is 10.6. The van der Waals surface area contributed by atoms with Gasteiger partial charge >= 0.3 is 6.30 Å². The first-order valence-corrected chi connectivity index (χ1v) is 3.10. The molecule has 1 aliphatic heterocycles. The molecule has 0 spiro atoms. The maximum absolute atomic E-state index is 11.6. The molecule has 0 aromatic heterocycles. The van der Waals surface area contributed by atoms with Crippen LogP contribution in [0.1, 0.15) is 0 Å². The van der Waals surface area contributed by atoms with Gasteiger partial charge in [0.2, 0.25) is 0 Å². The molecule has 1 heterocycles. The first-order valence-electron chi connectivity index (χ1n) is 2.27. The molecule has 0 aliphatic carbocycles. The molecule has 0 bridgehead atoms. The third-order valence-corrected chi connectivity index (χ3v) is 1.76. The van der Waals surface area contributed by atoms with E-state index in [1.54, 1.807) is 0 Å². The zero-order chi connectivity index (χ0) is 6.91. The topological polar surface area (TPSA) is 3.24 Å². The van der Waals surface area contributed by atoms with Gasteiger partial charge in [0.1, 0.15) is 0 Å². The number of hydrogen-bond donors (Lipinski definition) is 0. The van der Waals surface area contributed by atoms with Crippen molar-refractivity contribution in [3.05, 3.63) is 11.5 Å². The van der Waals surface area contributed by atoms with Crippen LogP contribution in [0.5, 0.6) is 0 Å². The van der Waals surface area contributed by atoms with Crippen molar-refractivity contribution in [3.63, 3.8) is 0 Å². The summed E-state index contributed by atoms with van der Waals surface area (Å²) in [7, 11) is 0. The number of hydrogen-bond acceptors (Lipinski definition) is 2.